The molecule has 0 aromatic carbocycles. The van der Waals surface area contributed by atoms with Crippen LogP contribution in [0.15, 0.2) is 0 Å². The molecule has 78 valence electrons. The molecule has 1 aliphatic heterocycles. The molecule has 0 aromatic heterocycles. The summed E-state index contributed by atoms with van der Waals surface area (Å²) >= 11 is 0. The third-order valence-electron chi connectivity index (χ3n) is 2.92. The van der Waals surface area contributed by atoms with Crippen molar-refractivity contribution in [2.45, 2.75) is 44.9 Å². The predicted molar refractivity (Wildman–Crippen MR) is 54.7 cm³/mol. The van der Waals surface area contributed by atoms with Crippen molar-refractivity contribution in [2.24, 2.45) is 5.73 Å². The minimum atomic E-state index is 0.209. The molecule has 0 amide bonds. The molecule has 0 saturated carbocycles. The molecular formula is C10H22N2O. The molecule has 1 heterocycles. The number of hydrogen-bond donors (Lipinski definition) is 1. The van der Waals surface area contributed by atoms with Crippen molar-refractivity contribution in [1.29, 1.82) is 0 Å². The van der Waals surface area contributed by atoms with Crippen LogP contribution in [-0.4, -0.2) is 43.3 Å². The highest BCUT2D eigenvalue weighted by molar-refractivity contribution is 4.77. The van der Waals surface area contributed by atoms with Crippen LogP contribution in [0, 0.1) is 0 Å². The number of likely N-dealkylation sites (tertiary alicyclic amines) is 1. The number of nitrogens with two attached hydrogens (primary N) is 1. The summed E-state index contributed by atoms with van der Waals surface area (Å²) in [5.41, 5.74) is 5.52. The lowest BCUT2D eigenvalue weighted by molar-refractivity contribution is -0.0400. The van der Waals surface area contributed by atoms with E-state index in [0.29, 0.717) is 18.7 Å². The average molecular weight is 186 g/mol. The van der Waals surface area contributed by atoms with Crippen LogP contribution in [-0.2, 0) is 4.74 Å². The van der Waals surface area contributed by atoms with Gasteiger partial charge in [0, 0.05) is 19.1 Å². The Morgan fingerprint density at radius 1 is 1.62 bits per heavy atom. The molecule has 3 atom stereocenters. The van der Waals surface area contributed by atoms with Crippen LogP contribution in [0.25, 0.3) is 0 Å². The fraction of sp³-hybridized carbons (Fsp3) is 1.00. The van der Waals surface area contributed by atoms with Crippen LogP contribution in [0.4, 0.5) is 0 Å². The Bertz CT molecular complexity index is 150. The Kier molecular flexibility index (Phi) is 4.16. The SMILES string of the molecule is CC(CN)OC1CCN(C)C(C)C1. The number of piperidine rings is 1. The molecule has 1 fully saturated rings. The zero-order valence-corrected chi connectivity index (χ0v) is 8.99. The van der Waals surface area contributed by atoms with Crippen molar-refractivity contribution in [1.82, 2.24) is 4.90 Å². The molecule has 1 rings (SSSR count). The predicted octanol–water partition coefficient (Wildman–Crippen LogP) is 0.833. The summed E-state index contributed by atoms with van der Waals surface area (Å²) in [4.78, 5) is 2.38. The molecule has 0 bridgehead atoms. The summed E-state index contributed by atoms with van der Waals surface area (Å²) in [6.07, 6.45) is 2.91. The second-order valence-electron chi connectivity index (χ2n) is 4.16. The summed E-state index contributed by atoms with van der Waals surface area (Å²) in [5, 5.41) is 0. The van der Waals surface area contributed by atoms with Gasteiger partial charge in [0.25, 0.3) is 0 Å². The minimum Gasteiger partial charge on any atom is -0.374 e. The third-order valence-corrected chi connectivity index (χ3v) is 2.92. The van der Waals surface area contributed by atoms with Gasteiger partial charge in [-0.2, -0.15) is 0 Å². The zero-order valence-electron chi connectivity index (χ0n) is 8.99. The summed E-state index contributed by atoms with van der Waals surface area (Å²) in [5.74, 6) is 0. The lowest BCUT2D eigenvalue weighted by Gasteiger charge is -2.35. The van der Waals surface area contributed by atoms with Crippen LogP contribution in [0.2, 0.25) is 0 Å². The van der Waals surface area contributed by atoms with Gasteiger partial charge in [-0.15, -0.1) is 0 Å². The third kappa shape index (κ3) is 3.25. The van der Waals surface area contributed by atoms with E-state index in [1.54, 1.807) is 0 Å². The number of rotatable bonds is 3. The maximum absolute atomic E-state index is 5.81. The van der Waals surface area contributed by atoms with Gasteiger partial charge in [0.05, 0.1) is 12.2 Å². The van der Waals surface area contributed by atoms with Crippen LogP contribution >= 0.6 is 0 Å². The van der Waals surface area contributed by atoms with Gasteiger partial charge in [0.15, 0.2) is 0 Å². The van der Waals surface area contributed by atoms with Crippen molar-refractivity contribution in [3.63, 3.8) is 0 Å². The van der Waals surface area contributed by atoms with Gasteiger partial charge in [-0.25, -0.2) is 0 Å². The standard InChI is InChI=1S/C10H22N2O/c1-8-6-10(4-5-12(8)3)13-9(2)7-11/h8-10H,4-7,11H2,1-3H3. The normalized spacial score (nSPS) is 33.2. The lowest BCUT2D eigenvalue weighted by atomic mass is 10.0. The van der Waals surface area contributed by atoms with E-state index in [-0.39, 0.29) is 6.10 Å². The second kappa shape index (κ2) is 4.94. The lowest BCUT2D eigenvalue weighted by Crippen LogP contribution is -2.42. The summed E-state index contributed by atoms with van der Waals surface area (Å²) in [6, 6.07) is 0.642. The molecule has 0 aliphatic carbocycles. The first-order chi connectivity index (χ1) is 6.13. The van der Waals surface area contributed by atoms with E-state index >= 15 is 0 Å². The molecule has 1 saturated heterocycles. The van der Waals surface area contributed by atoms with Crippen molar-refractivity contribution >= 4 is 0 Å². The molecule has 13 heavy (non-hydrogen) atoms. The van der Waals surface area contributed by atoms with Gasteiger partial charge in [-0.1, -0.05) is 0 Å². The Labute approximate surface area is 81.2 Å². The quantitative estimate of drug-likeness (QED) is 0.709. The van der Waals surface area contributed by atoms with Crippen LogP contribution in [0.5, 0.6) is 0 Å². The highest BCUT2D eigenvalue weighted by atomic mass is 16.5. The minimum absolute atomic E-state index is 0.209. The maximum Gasteiger partial charge on any atom is 0.0672 e. The van der Waals surface area contributed by atoms with Gasteiger partial charge in [-0.3, -0.25) is 0 Å². The molecule has 1 aliphatic rings. The van der Waals surface area contributed by atoms with E-state index < -0.39 is 0 Å². The highest BCUT2D eigenvalue weighted by Crippen LogP contribution is 2.19. The Balaban J connectivity index is 2.29. The summed E-state index contributed by atoms with van der Waals surface area (Å²) < 4.78 is 5.81. The van der Waals surface area contributed by atoms with Crippen LogP contribution in [0.3, 0.4) is 0 Å². The smallest absolute Gasteiger partial charge is 0.0672 e. The van der Waals surface area contributed by atoms with Gasteiger partial charge in [-0.05, 0) is 33.7 Å². The van der Waals surface area contributed by atoms with Crippen molar-refractivity contribution < 1.29 is 4.74 Å². The van der Waals surface area contributed by atoms with Crippen LogP contribution in [0.1, 0.15) is 26.7 Å². The van der Waals surface area contributed by atoms with Crippen molar-refractivity contribution in [3.8, 4) is 0 Å². The monoisotopic (exact) mass is 186 g/mol. The molecule has 0 aromatic rings. The molecule has 3 heteroatoms. The van der Waals surface area contributed by atoms with E-state index in [2.05, 4.69) is 18.9 Å². The number of nitrogens with zero attached hydrogens (tertiary/aromatic N) is 1. The molecule has 3 nitrogen and oxygen atoms in total. The molecule has 2 N–H and O–H groups in total. The molecule has 0 spiro atoms. The summed E-state index contributed by atoms with van der Waals surface area (Å²) in [6.45, 7) is 6.06. The Morgan fingerprint density at radius 3 is 2.85 bits per heavy atom. The van der Waals surface area contributed by atoms with Gasteiger partial charge < -0.3 is 15.4 Å². The first kappa shape index (κ1) is 11.0. The van der Waals surface area contributed by atoms with Gasteiger partial charge >= 0.3 is 0 Å². The Hall–Kier alpha value is -0.120. The van der Waals surface area contributed by atoms with E-state index in [1.807, 2.05) is 6.92 Å². The topological polar surface area (TPSA) is 38.5 Å². The second-order valence-corrected chi connectivity index (χ2v) is 4.16. The van der Waals surface area contributed by atoms with E-state index in [4.69, 9.17) is 10.5 Å². The maximum atomic E-state index is 5.81. The first-order valence-electron chi connectivity index (χ1n) is 5.19. The molecule has 3 unspecified atom stereocenters. The fourth-order valence-corrected chi connectivity index (χ4v) is 1.75. The van der Waals surface area contributed by atoms with E-state index in [1.165, 1.54) is 0 Å². The number of ether oxygens (including phenoxy) is 1. The number of hydrogen-bond acceptors (Lipinski definition) is 3. The largest absolute Gasteiger partial charge is 0.374 e. The zero-order chi connectivity index (χ0) is 9.84. The Morgan fingerprint density at radius 2 is 2.31 bits per heavy atom. The summed E-state index contributed by atoms with van der Waals surface area (Å²) in [7, 11) is 2.17. The van der Waals surface area contributed by atoms with E-state index in [0.717, 1.165) is 19.4 Å². The fourth-order valence-electron chi connectivity index (χ4n) is 1.75. The van der Waals surface area contributed by atoms with Gasteiger partial charge in [0.2, 0.25) is 0 Å². The van der Waals surface area contributed by atoms with Crippen LogP contribution < -0.4 is 5.73 Å². The first-order valence-corrected chi connectivity index (χ1v) is 5.19. The highest BCUT2D eigenvalue weighted by Gasteiger charge is 2.24. The average Bonchev–Trinajstić information content (AvgIpc) is 2.11. The van der Waals surface area contributed by atoms with Crippen molar-refractivity contribution in [2.75, 3.05) is 20.1 Å². The molecular weight excluding hydrogens is 164 g/mol. The van der Waals surface area contributed by atoms with Crippen molar-refractivity contribution in [3.05, 3.63) is 0 Å². The van der Waals surface area contributed by atoms with Gasteiger partial charge in [0.1, 0.15) is 0 Å². The van der Waals surface area contributed by atoms with E-state index in [9.17, 15) is 0 Å². The molecule has 0 radical (unpaired) electrons.